The van der Waals surface area contributed by atoms with Crippen LogP contribution in [0.25, 0.3) is 0 Å². The lowest BCUT2D eigenvalue weighted by atomic mass is 9.80. The van der Waals surface area contributed by atoms with Crippen molar-refractivity contribution in [3.8, 4) is 0 Å². The second-order valence-corrected chi connectivity index (χ2v) is 6.11. The van der Waals surface area contributed by atoms with Gasteiger partial charge in [-0.1, -0.05) is 49.8 Å². The van der Waals surface area contributed by atoms with E-state index in [0.717, 1.165) is 12.8 Å². The summed E-state index contributed by atoms with van der Waals surface area (Å²) in [5.74, 6) is -2.22. The van der Waals surface area contributed by atoms with E-state index < -0.39 is 23.3 Å². The first-order valence-electron chi connectivity index (χ1n) is 8.37. The van der Waals surface area contributed by atoms with Crippen LogP contribution in [0.3, 0.4) is 0 Å². The van der Waals surface area contributed by atoms with Crippen molar-refractivity contribution in [3.05, 3.63) is 59.7 Å². The van der Waals surface area contributed by atoms with Gasteiger partial charge in [-0.05, 0) is 31.9 Å². The Morgan fingerprint density at radius 1 is 1.15 bits per heavy atom. The maximum Gasteiger partial charge on any atom is 0.335 e. The first-order valence-corrected chi connectivity index (χ1v) is 8.37. The van der Waals surface area contributed by atoms with Gasteiger partial charge in [0, 0.05) is 5.57 Å². The summed E-state index contributed by atoms with van der Waals surface area (Å²) in [4.78, 5) is 32.9. The Hall–Kier alpha value is -2.89. The first kappa shape index (κ1) is 21.2. The zero-order valence-corrected chi connectivity index (χ0v) is 15.0. The molecule has 0 saturated carbocycles. The molecule has 0 aromatic heterocycles. The van der Waals surface area contributed by atoms with Gasteiger partial charge >= 0.3 is 17.9 Å². The molecule has 1 atom stereocenters. The minimum atomic E-state index is -1.01. The van der Waals surface area contributed by atoms with E-state index in [4.69, 9.17) is 14.9 Å². The average molecular weight is 360 g/mol. The number of carboxylic acids is 2. The molecule has 0 fully saturated rings. The number of carbonyl (C=O) groups is 3. The van der Waals surface area contributed by atoms with Crippen molar-refractivity contribution in [2.24, 2.45) is 5.41 Å². The van der Waals surface area contributed by atoms with Crippen molar-refractivity contribution in [1.82, 2.24) is 0 Å². The van der Waals surface area contributed by atoms with Crippen LogP contribution in [0.5, 0.6) is 0 Å². The number of carbonyl (C=O) groups excluding carboxylic acids is 1. The van der Waals surface area contributed by atoms with E-state index in [2.05, 4.69) is 0 Å². The van der Waals surface area contributed by atoms with Gasteiger partial charge in [-0.3, -0.25) is 4.79 Å². The molecule has 6 nitrogen and oxygen atoms in total. The van der Waals surface area contributed by atoms with Crippen LogP contribution in [0.2, 0.25) is 0 Å². The summed E-state index contributed by atoms with van der Waals surface area (Å²) in [6.45, 7) is 4.00. The summed E-state index contributed by atoms with van der Waals surface area (Å²) >= 11 is 0. The molecule has 1 aromatic rings. The van der Waals surface area contributed by atoms with Crippen molar-refractivity contribution in [3.63, 3.8) is 0 Å². The van der Waals surface area contributed by atoms with Crippen LogP contribution < -0.4 is 0 Å². The van der Waals surface area contributed by atoms with Crippen LogP contribution in [0.4, 0.5) is 0 Å². The van der Waals surface area contributed by atoms with Gasteiger partial charge in [0.05, 0.1) is 17.6 Å². The van der Waals surface area contributed by atoms with Crippen molar-refractivity contribution in [1.29, 1.82) is 0 Å². The maximum atomic E-state index is 11.7. The molecule has 1 aromatic carbocycles. The number of aliphatic carboxylic acids is 1. The Morgan fingerprint density at radius 2 is 1.81 bits per heavy atom. The van der Waals surface area contributed by atoms with E-state index in [0.29, 0.717) is 17.7 Å². The fourth-order valence-corrected chi connectivity index (χ4v) is 2.16. The van der Waals surface area contributed by atoms with E-state index in [1.807, 2.05) is 6.92 Å². The van der Waals surface area contributed by atoms with Gasteiger partial charge in [-0.2, -0.15) is 0 Å². The van der Waals surface area contributed by atoms with Gasteiger partial charge in [0.1, 0.15) is 0 Å². The van der Waals surface area contributed by atoms with E-state index in [1.165, 1.54) is 0 Å². The van der Waals surface area contributed by atoms with Crippen LogP contribution in [0.1, 0.15) is 43.5 Å². The minimum Gasteiger partial charge on any atom is -0.481 e. The maximum absolute atomic E-state index is 11.7. The smallest absolute Gasteiger partial charge is 0.335 e. The largest absolute Gasteiger partial charge is 0.481 e. The number of unbranched alkanes of at least 4 members (excludes halogenated alkanes) is 1. The molecule has 0 spiro atoms. The lowest BCUT2D eigenvalue weighted by Gasteiger charge is -2.24. The summed E-state index contributed by atoms with van der Waals surface area (Å²) in [6, 6.07) is 8.30. The Balaban J connectivity index is 0.000000314. The number of rotatable bonds is 6. The van der Waals surface area contributed by atoms with E-state index >= 15 is 0 Å². The van der Waals surface area contributed by atoms with E-state index in [1.54, 1.807) is 55.5 Å². The standard InChI is InChI=1S/C13H18O4.C7H6O2/c1-3-4-8-17-11(14)10-6-5-7-13(2,9-10)12(15)16;8-7(9)6-4-2-1-3-5-6/h5-7H,3-4,8-9H2,1-2H3,(H,15,16);1-5H,(H,8,9). The monoisotopic (exact) mass is 360 g/mol. The molecule has 1 aliphatic rings. The number of benzene rings is 1. The molecule has 140 valence electrons. The van der Waals surface area contributed by atoms with Crippen molar-refractivity contribution >= 4 is 17.9 Å². The molecule has 1 unspecified atom stereocenters. The highest BCUT2D eigenvalue weighted by Gasteiger charge is 2.34. The SMILES string of the molecule is CCCCOC(=O)C1=CC=CC(C)(C(=O)O)C1.O=C(O)c1ccccc1. The Labute approximate surface area is 152 Å². The molecule has 2 N–H and O–H groups in total. The highest BCUT2D eigenvalue weighted by atomic mass is 16.5. The minimum absolute atomic E-state index is 0.184. The third-order valence-corrected chi connectivity index (χ3v) is 3.82. The highest BCUT2D eigenvalue weighted by Crippen LogP contribution is 2.31. The van der Waals surface area contributed by atoms with Crippen molar-refractivity contribution in [2.75, 3.05) is 6.61 Å². The van der Waals surface area contributed by atoms with Crippen LogP contribution in [0, 0.1) is 5.41 Å². The summed E-state index contributed by atoms with van der Waals surface area (Å²) in [6.07, 6.45) is 6.79. The van der Waals surface area contributed by atoms with Gasteiger partial charge in [0.25, 0.3) is 0 Å². The molecular weight excluding hydrogens is 336 g/mol. The predicted octanol–water partition coefficient (Wildman–Crippen LogP) is 3.69. The Morgan fingerprint density at radius 3 is 2.31 bits per heavy atom. The molecule has 6 heteroatoms. The van der Waals surface area contributed by atoms with Crippen molar-refractivity contribution in [2.45, 2.75) is 33.1 Å². The van der Waals surface area contributed by atoms with Gasteiger partial charge in [-0.25, -0.2) is 9.59 Å². The number of aromatic carboxylic acids is 1. The number of allylic oxidation sites excluding steroid dienone is 2. The third kappa shape index (κ3) is 6.55. The summed E-state index contributed by atoms with van der Waals surface area (Å²) in [5, 5.41) is 17.5. The third-order valence-electron chi connectivity index (χ3n) is 3.82. The predicted molar refractivity (Wildman–Crippen MR) is 96.9 cm³/mol. The fraction of sp³-hybridized carbons (Fsp3) is 0.350. The van der Waals surface area contributed by atoms with E-state index in [-0.39, 0.29) is 6.42 Å². The molecule has 0 amide bonds. The Bertz CT molecular complexity index is 690. The summed E-state index contributed by atoms with van der Waals surface area (Å²) < 4.78 is 5.06. The van der Waals surface area contributed by atoms with Gasteiger partial charge in [-0.15, -0.1) is 0 Å². The number of carboxylic acid groups (broad SMARTS) is 2. The molecule has 2 rings (SSSR count). The molecule has 0 heterocycles. The van der Waals surface area contributed by atoms with Crippen LogP contribution in [-0.2, 0) is 14.3 Å². The second kappa shape index (κ2) is 10.2. The number of hydrogen-bond acceptors (Lipinski definition) is 4. The van der Waals surface area contributed by atoms with Gasteiger partial charge in [0.2, 0.25) is 0 Å². The van der Waals surface area contributed by atoms with Crippen LogP contribution in [0.15, 0.2) is 54.1 Å². The molecule has 0 bridgehead atoms. The molecule has 1 aliphatic carbocycles. The van der Waals surface area contributed by atoms with Gasteiger partial charge < -0.3 is 14.9 Å². The molecule has 0 radical (unpaired) electrons. The molecule has 0 aliphatic heterocycles. The number of hydrogen-bond donors (Lipinski definition) is 2. The van der Waals surface area contributed by atoms with Crippen LogP contribution >= 0.6 is 0 Å². The molecular formula is C20H24O6. The highest BCUT2D eigenvalue weighted by molar-refractivity contribution is 5.91. The van der Waals surface area contributed by atoms with Gasteiger partial charge in [0.15, 0.2) is 0 Å². The normalized spacial score (nSPS) is 18.2. The Kier molecular flexibility index (Phi) is 8.28. The fourth-order valence-electron chi connectivity index (χ4n) is 2.16. The first-order chi connectivity index (χ1) is 12.3. The zero-order chi connectivity index (χ0) is 19.6. The van der Waals surface area contributed by atoms with Crippen molar-refractivity contribution < 1.29 is 29.3 Å². The zero-order valence-electron chi connectivity index (χ0n) is 15.0. The second-order valence-electron chi connectivity index (χ2n) is 6.11. The topological polar surface area (TPSA) is 101 Å². The average Bonchev–Trinajstić information content (AvgIpc) is 2.63. The summed E-state index contributed by atoms with van der Waals surface area (Å²) in [5.41, 5.74) is -0.251. The number of esters is 1. The molecule has 0 saturated heterocycles. The lowest BCUT2D eigenvalue weighted by Crippen LogP contribution is -2.29. The lowest BCUT2D eigenvalue weighted by molar-refractivity contribution is -0.145. The van der Waals surface area contributed by atoms with Crippen LogP contribution in [-0.4, -0.2) is 34.7 Å². The van der Waals surface area contributed by atoms with E-state index in [9.17, 15) is 14.4 Å². The quantitative estimate of drug-likeness (QED) is 0.593. The number of ether oxygens (including phenoxy) is 1. The molecule has 26 heavy (non-hydrogen) atoms. The summed E-state index contributed by atoms with van der Waals surface area (Å²) in [7, 11) is 0.